The van der Waals surface area contributed by atoms with Gasteiger partial charge in [0, 0.05) is 13.1 Å². The first-order valence-electron chi connectivity index (χ1n) is 8.67. The fourth-order valence-electron chi connectivity index (χ4n) is 3.12. The van der Waals surface area contributed by atoms with Crippen LogP contribution in [0.15, 0.2) is 41.8 Å². The summed E-state index contributed by atoms with van der Waals surface area (Å²) < 4.78 is 3.83. The van der Waals surface area contributed by atoms with E-state index in [2.05, 4.69) is 18.7 Å². The van der Waals surface area contributed by atoms with Crippen molar-refractivity contribution < 1.29 is 4.79 Å². The van der Waals surface area contributed by atoms with Crippen LogP contribution in [0.2, 0.25) is 0 Å². The van der Waals surface area contributed by atoms with Crippen molar-refractivity contribution in [2.24, 2.45) is 0 Å². The first-order valence-corrected chi connectivity index (χ1v) is 9.55. The van der Waals surface area contributed by atoms with Crippen molar-refractivity contribution >= 4 is 45.1 Å². The lowest BCUT2D eigenvalue weighted by molar-refractivity contribution is 0.0975. The van der Waals surface area contributed by atoms with Crippen molar-refractivity contribution in [3.8, 4) is 0 Å². The van der Waals surface area contributed by atoms with Gasteiger partial charge >= 0.3 is 0 Å². The maximum atomic E-state index is 12.5. The number of carbonyl (C=O) groups excluding carboxylic acids is 1. The Hall–Kier alpha value is -1.70. The van der Waals surface area contributed by atoms with Crippen LogP contribution in [0.4, 0.5) is 0 Å². The molecular formula is C19H25BrN4OS. The number of likely N-dealkylation sites (N-methyl/N-ethyl adjacent to an activating group) is 1. The zero-order valence-corrected chi connectivity index (χ0v) is 17.7. The average molecular weight is 437 g/mol. The average Bonchev–Trinajstić information content (AvgIpc) is 3.25. The highest BCUT2D eigenvalue weighted by molar-refractivity contribution is 8.93. The Kier molecular flexibility index (Phi) is 7.37. The third-order valence-electron chi connectivity index (χ3n) is 4.61. The van der Waals surface area contributed by atoms with Gasteiger partial charge in [-0.3, -0.25) is 10.2 Å². The van der Waals surface area contributed by atoms with Gasteiger partial charge < -0.3 is 14.0 Å². The lowest BCUT2D eigenvalue weighted by Gasteiger charge is -2.18. The highest BCUT2D eigenvalue weighted by Gasteiger charge is 2.15. The third-order valence-corrected chi connectivity index (χ3v) is 5.52. The monoisotopic (exact) mass is 436 g/mol. The molecule has 0 fully saturated rings. The molecule has 3 rings (SSSR count). The molecule has 2 aromatic heterocycles. The van der Waals surface area contributed by atoms with E-state index in [0.717, 1.165) is 42.1 Å². The number of carbonyl (C=O) groups is 1. The van der Waals surface area contributed by atoms with E-state index in [1.54, 1.807) is 0 Å². The van der Waals surface area contributed by atoms with E-state index in [4.69, 9.17) is 5.41 Å². The van der Waals surface area contributed by atoms with E-state index in [-0.39, 0.29) is 29.3 Å². The summed E-state index contributed by atoms with van der Waals surface area (Å²) in [6.45, 7) is 8.16. The number of para-hydroxylation sites is 2. The Bertz CT molecular complexity index is 909. The van der Waals surface area contributed by atoms with E-state index in [9.17, 15) is 4.79 Å². The first-order chi connectivity index (χ1) is 12.2. The van der Waals surface area contributed by atoms with Crippen molar-refractivity contribution in [1.82, 2.24) is 14.0 Å². The van der Waals surface area contributed by atoms with Gasteiger partial charge in [0.2, 0.25) is 5.62 Å². The Morgan fingerprint density at radius 2 is 1.73 bits per heavy atom. The van der Waals surface area contributed by atoms with Crippen LogP contribution in [0, 0.1) is 5.41 Å². The second-order valence-corrected chi connectivity index (χ2v) is 6.93. The Morgan fingerprint density at radius 1 is 1.08 bits per heavy atom. The number of aromatic nitrogens is 2. The summed E-state index contributed by atoms with van der Waals surface area (Å²) in [5, 5.41) is 10.5. The molecule has 0 saturated carbocycles. The number of halogens is 1. The molecule has 7 heteroatoms. The van der Waals surface area contributed by atoms with Crippen LogP contribution in [0.3, 0.4) is 0 Å². The summed E-state index contributed by atoms with van der Waals surface area (Å²) >= 11 is 1.45. The number of fused-ring (bicyclic) bond motifs is 1. The molecule has 2 heterocycles. The number of ketones is 1. The molecule has 0 aliphatic carbocycles. The molecule has 140 valence electrons. The lowest BCUT2D eigenvalue weighted by atomic mass is 10.3. The molecule has 0 atom stereocenters. The molecule has 0 radical (unpaired) electrons. The molecule has 0 spiro atoms. The van der Waals surface area contributed by atoms with Crippen LogP contribution in [0.5, 0.6) is 0 Å². The second kappa shape index (κ2) is 9.30. The number of benzene rings is 1. The largest absolute Gasteiger partial charge is 0.309 e. The molecule has 0 aliphatic rings. The van der Waals surface area contributed by atoms with Gasteiger partial charge in [-0.25, -0.2) is 0 Å². The molecule has 1 aromatic carbocycles. The minimum Gasteiger partial charge on any atom is -0.309 e. The SMILES string of the molecule is Br.CCN(CC)CCn1c(=N)n(CC(=O)c2cccs2)c2ccccc21. The van der Waals surface area contributed by atoms with Gasteiger partial charge in [-0.2, -0.15) is 0 Å². The van der Waals surface area contributed by atoms with Gasteiger partial charge in [-0.1, -0.05) is 32.0 Å². The zero-order valence-electron chi connectivity index (χ0n) is 15.1. The summed E-state index contributed by atoms with van der Waals surface area (Å²) in [6, 6.07) is 11.7. The van der Waals surface area contributed by atoms with Crippen LogP contribution < -0.4 is 5.62 Å². The molecule has 0 bridgehead atoms. The smallest absolute Gasteiger partial charge is 0.203 e. The molecule has 0 saturated heterocycles. The van der Waals surface area contributed by atoms with Crippen molar-refractivity contribution in [1.29, 1.82) is 5.41 Å². The predicted octanol–water partition coefficient (Wildman–Crippen LogP) is 3.79. The Balaban J connectivity index is 0.00000243. The fourth-order valence-corrected chi connectivity index (χ4v) is 3.78. The summed E-state index contributed by atoms with van der Waals surface area (Å²) in [7, 11) is 0. The van der Waals surface area contributed by atoms with E-state index in [0.29, 0.717) is 5.62 Å². The molecule has 3 aromatic rings. The summed E-state index contributed by atoms with van der Waals surface area (Å²) in [4.78, 5) is 15.6. The van der Waals surface area contributed by atoms with Crippen LogP contribution in [0.25, 0.3) is 11.0 Å². The van der Waals surface area contributed by atoms with Crippen LogP contribution in [-0.2, 0) is 13.1 Å². The van der Waals surface area contributed by atoms with E-state index < -0.39 is 0 Å². The van der Waals surface area contributed by atoms with E-state index >= 15 is 0 Å². The summed E-state index contributed by atoms with van der Waals surface area (Å²) in [6.07, 6.45) is 0. The summed E-state index contributed by atoms with van der Waals surface area (Å²) in [5.74, 6) is 0.0557. The molecule has 1 N–H and O–H groups in total. The van der Waals surface area contributed by atoms with Crippen LogP contribution in [0.1, 0.15) is 23.5 Å². The quantitative estimate of drug-likeness (QED) is 0.546. The van der Waals surface area contributed by atoms with Gasteiger partial charge in [0.15, 0.2) is 5.78 Å². The minimum atomic E-state index is 0. The second-order valence-electron chi connectivity index (χ2n) is 5.98. The van der Waals surface area contributed by atoms with Crippen molar-refractivity contribution in [2.75, 3.05) is 19.6 Å². The van der Waals surface area contributed by atoms with Crippen LogP contribution >= 0.6 is 28.3 Å². The Morgan fingerprint density at radius 3 is 2.31 bits per heavy atom. The summed E-state index contributed by atoms with van der Waals surface area (Å²) in [5.41, 5.74) is 2.34. The molecule has 0 aliphatic heterocycles. The standard InChI is InChI=1S/C19H24N4OS.BrH/c1-3-21(4-2)11-12-22-15-8-5-6-9-16(15)23(19(22)20)14-17(24)18-10-7-13-25-18;/h5-10,13,20H,3-4,11-12,14H2,1-2H3;1H. The van der Waals surface area contributed by atoms with Crippen LogP contribution in [-0.4, -0.2) is 39.5 Å². The minimum absolute atomic E-state index is 0. The molecule has 0 amide bonds. The zero-order chi connectivity index (χ0) is 17.8. The molecular weight excluding hydrogens is 412 g/mol. The topological polar surface area (TPSA) is 54.0 Å². The number of Topliss-reactive ketones (excluding diaryl/α,β-unsaturated/α-hetero) is 1. The maximum Gasteiger partial charge on any atom is 0.203 e. The number of imidazole rings is 1. The highest BCUT2D eigenvalue weighted by atomic mass is 79.9. The van der Waals surface area contributed by atoms with Gasteiger partial charge in [-0.05, 0) is 36.7 Å². The fraction of sp³-hybridized carbons (Fsp3) is 0.368. The predicted molar refractivity (Wildman–Crippen MR) is 113 cm³/mol. The molecule has 5 nitrogen and oxygen atoms in total. The van der Waals surface area contributed by atoms with Crippen molar-refractivity contribution in [2.45, 2.75) is 26.9 Å². The van der Waals surface area contributed by atoms with Gasteiger partial charge in [0.1, 0.15) is 0 Å². The molecule has 0 unspecified atom stereocenters. The number of nitrogens with zero attached hydrogens (tertiary/aromatic N) is 3. The number of hydrogen-bond donors (Lipinski definition) is 1. The van der Waals surface area contributed by atoms with Gasteiger partial charge in [0.05, 0.1) is 22.5 Å². The maximum absolute atomic E-state index is 12.5. The van der Waals surface area contributed by atoms with Crippen molar-refractivity contribution in [3.05, 3.63) is 52.3 Å². The normalized spacial score (nSPS) is 11.0. The lowest BCUT2D eigenvalue weighted by Crippen LogP contribution is -2.32. The number of hydrogen-bond acceptors (Lipinski definition) is 4. The van der Waals surface area contributed by atoms with E-state index in [1.165, 1.54) is 11.3 Å². The van der Waals surface area contributed by atoms with Gasteiger partial charge in [-0.15, -0.1) is 28.3 Å². The molecule has 26 heavy (non-hydrogen) atoms. The third kappa shape index (κ3) is 4.16. The number of rotatable bonds is 8. The first kappa shape index (κ1) is 20.6. The number of thiophene rings is 1. The van der Waals surface area contributed by atoms with Crippen molar-refractivity contribution in [3.63, 3.8) is 0 Å². The van der Waals surface area contributed by atoms with Gasteiger partial charge in [0.25, 0.3) is 0 Å². The Labute approximate surface area is 168 Å². The number of nitrogens with one attached hydrogen (secondary N) is 1. The highest BCUT2D eigenvalue weighted by Crippen LogP contribution is 2.15. The van der Waals surface area contributed by atoms with E-state index in [1.807, 2.05) is 50.9 Å².